The SMILES string of the molecule is C=C/C=C(\C=C(/C)N)Oc1cccc(N)c1. The lowest BCUT2D eigenvalue weighted by Gasteiger charge is -2.07. The first-order valence-electron chi connectivity index (χ1n) is 4.91. The van der Waals surface area contributed by atoms with Gasteiger partial charge >= 0.3 is 0 Å². The van der Waals surface area contributed by atoms with Crippen molar-refractivity contribution >= 4 is 5.69 Å². The van der Waals surface area contributed by atoms with Crippen LogP contribution in [0.4, 0.5) is 5.69 Å². The molecule has 16 heavy (non-hydrogen) atoms. The summed E-state index contributed by atoms with van der Waals surface area (Å²) in [5, 5.41) is 0. The molecule has 0 bridgehead atoms. The summed E-state index contributed by atoms with van der Waals surface area (Å²) in [6.07, 6.45) is 5.10. The Morgan fingerprint density at radius 2 is 2.19 bits per heavy atom. The summed E-state index contributed by atoms with van der Waals surface area (Å²) in [5.74, 6) is 1.30. The Morgan fingerprint density at radius 1 is 1.44 bits per heavy atom. The van der Waals surface area contributed by atoms with E-state index >= 15 is 0 Å². The smallest absolute Gasteiger partial charge is 0.129 e. The first kappa shape index (κ1) is 11.9. The van der Waals surface area contributed by atoms with E-state index in [9.17, 15) is 0 Å². The van der Waals surface area contributed by atoms with E-state index in [0.29, 0.717) is 22.9 Å². The molecule has 0 saturated heterocycles. The van der Waals surface area contributed by atoms with Crippen LogP contribution in [0.2, 0.25) is 0 Å². The third kappa shape index (κ3) is 3.92. The van der Waals surface area contributed by atoms with Crippen LogP contribution in [0.3, 0.4) is 0 Å². The molecule has 0 spiro atoms. The van der Waals surface area contributed by atoms with Crippen molar-refractivity contribution in [3.05, 3.63) is 60.5 Å². The summed E-state index contributed by atoms with van der Waals surface area (Å²) in [6.45, 7) is 5.41. The molecule has 0 fully saturated rings. The van der Waals surface area contributed by atoms with E-state index in [2.05, 4.69) is 6.58 Å². The third-order valence-corrected chi connectivity index (χ3v) is 1.75. The predicted octanol–water partition coefficient (Wildman–Crippen LogP) is 2.58. The quantitative estimate of drug-likeness (QED) is 0.462. The van der Waals surface area contributed by atoms with Crippen molar-refractivity contribution in [1.29, 1.82) is 0 Å². The van der Waals surface area contributed by atoms with E-state index in [1.165, 1.54) is 0 Å². The Kier molecular flexibility index (Phi) is 4.21. The van der Waals surface area contributed by atoms with Crippen LogP contribution in [0.15, 0.2) is 60.5 Å². The molecule has 3 nitrogen and oxygen atoms in total. The fraction of sp³-hybridized carbons (Fsp3) is 0.0769. The molecule has 0 aliphatic carbocycles. The molecule has 0 unspecified atom stereocenters. The maximum Gasteiger partial charge on any atom is 0.129 e. The van der Waals surface area contributed by atoms with Gasteiger partial charge in [-0.2, -0.15) is 0 Å². The van der Waals surface area contributed by atoms with Crippen LogP contribution in [0.1, 0.15) is 6.92 Å². The molecule has 0 heterocycles. The second-order valence-corrected chi connectivity index (χ2v) is 3.37. The van der Waals surface area contributed by atoms with Crippen molar-refractivity contribution in [1.82, 2.24) is 0 Å². The minimum atomic E-state index is 0.626. The highest BCUT2D eigenvalue weighted by molar-refractivity contribution is 5.44. The van der Waals surface area contributed by atoms with Gasteiger partial charge in [0.2, 0.25) is 0 Å². The number of anilines is 1. The Bertz CT molecular complexity index is 429. The lowest BCUT2D eigenvalue weighted by molar-refractivity contribution is 0.444. The number of rotatable bonds is 4. The Labute approximate surface area is 95.7 Å². The Hall–Kier alpha value is -2.16. The largest absolute Gasteiger partial charge is 0.457 e. The molecule has 1 rings (SSSR count). The van der Waals surface area contributed by atoms with Gasteiger partial charge in [0.1, 0.15) is 11.5 Å². The average Bonchev–Trinajstić information content (AvgIpc) is 2.16. The molecule has 0 aliphatic rings. The molecule has 4 N–H and O–H groups in total. The monoisotopic (exact) mass is 216 g/mol. The van der Waals surface area contributed by atoms with E-state index in [-0.39, 0.29) is 0 Å². The number of hydrogen-bond acceptors (Lipinski definition) is 3. The van der Waals surface area contributed by atoms with E-state index in [1.807, 2.05) is 12.1 Å². The zero-order valence-corrected chi connectivity index (χ0v) is 9.31. The number of nitrogen functional groups attached to an aromatic ring is 1. The fourth-order valence-electron chi connectivity index (χ4n) is 1.17. The number of hydrogen-bond donors (Lipinski definition) is 2. The maximum absolute atomic E-state index is 5.65. The molecule has 3 heteroatoms. The summed E-state index contributed by atoms with van der Waals surface area (Å²) < 4.78 is 5.60. The minimum absolute atomic E-state index is 0.626. The molecule has 0 aliphatic heterocycles. The normalized spacial score (nSPS) is 12.3. The summed E-state index contributed by atoms with van der Waals surface area (Å²) >= 11 is 0. The molecule has 0 atom stereocenters. The van der Waals surface area contributed by atoms with Gasteiger partial charge in [-0.3, -0.25) is 0 Å². The summed E-state index contributed by atoms with van der Waals surface area (Å²) in [7, 11) is 0. The van der Waals surface area contributed by atoms with Gasteiger partial charge in [0.25, 0.3) is 0 Å². The van der Waals surface area contributed by atoms with Gasteiger partial charge in [-0.25, -0.2) is 0 Å². The first-order valence-corrected chi connectivity index (χ1v) is 4.91. The predicted molar refractivity (Wildman–Crippen MR) is 67.7 cm³/mol. The van der Waals surface area contributed by atoms with Crippen molar-refractivity contribution in [3.8, 4) is 5.75 Å². The van der Waals surface area contributed by atoms with Crippen LogP contribution in [0.25, 0.3) is 0 Å². The average molecular weight is 216 g/mol. The molecule has 0 amide bonds. The zero-order chi connectivity index (χ0) is 12.0. The molecular weight excluding hydrogens is 200 g/mol. The van der Waals surface area contributed by atoms with E-state index in [0.717, 1.165) is 0 Å². The second kappa shape index (κ2) is 5.66. The van der Waals surface area contributed by atoms with Gasteiger partial charge in [0, 0.05) is 17.5 Å². The lowest BCUT2D eigenvalue weighted by Crippen LogP contribution is -1.97. The second-order valence-electron chi connectivity index (χ2n) is 3.37. The van der Waals surface area contributed by atoms with E-state index < -0.39 is 0 Å². The summed E-state index contributed by atoms with van der Waals surface area (Å²) in [4.78, 5) is 0. The van der Waals surface area contributed by atoms with Crippen molar-refractivity contribution in [2.24, 2.45) is 5.73 Å². The molecule has 1 aromatic rings. The number of benzene rings is 1. The summed E-state index contributed by atoms with van der Waals surface area (Å²) in [6, 6.07) is 7.20. The molecule has 0 aromatic heterocycles. The van der Waals surface area contributed by atoms with Gasteiger partial charge in [-0.15, -0.1) is 0 Å². The fourth-order valence-corrected chi connectivity index (χ4v) is 1.17. The molecule has 0 saturated carbocycles. The van der Waals surface area contributed by atoms with E-state index in [1.54, 1.807) is 37.3 Å². The molecule has 0 radical (unpaired) electrons. The number of allylic oxidation sites excluding steroid dienone is 4. The van der Waals surface area contributed by atoms with Crippen molar-refractivity contribution in [2.75, 3.05) is 5.73 Å². The van der Waals surface area contributed by atoms with Crippen LogP contribution in [0.5, 0.6) is 5.75 Å². The number of ether oxygens (including phenoxy) is 1. The van der Waals surface area contributed by atoms with Crippen LogP contribution >= 0.6 is 0 Å². The van der Waals surface area contributed by atoms with Crippen LogP contribution in [0, 0.1) is 0 Å². The lowest BCUT2D eigenvalue weighted by atomic mass is 10.3. The molecule has 1 aromatic carbocycles. The standard InChI is InChI=1S/C13H16N2O/c1-3-5-12(8-10(2)14)16-13-7-4-6-11(15)9-13/h3-9H,1,14-15H2,2H3/b10-8+,12-5+. The van der Waals surface area contributed by atoms with Crippen molar-refractivity contribution in [3.63, 3.8) is 0 Å². The van der Waals surface area contributed by atoms with Crippen molar-refractivity contribution < 1.29 is 4.74 Å². The highest BCUT2D eigenvalue weighted by Gasteiger charge is 1.97. The third-order valence-electron chi connectivity index (χ3n) is 1.75. The van der Waals surface area contributed by atoms with Gasteiger partial charge in [0.05, 0.1) is 0 Å². The van der Waals surface area contributed by atoms with Gasteiger partial charge in [0.15, 0.2) is 0 Å². The molecular formula is C13H16N2O. The van der Waals surface area contributed by atoms with Gasteiger partial charge in [-0.1, -0.05) is 18.7 Å². The Morgan fingerprint density at radius 3 is 2.75 bits per heavy atom. The van der Waals surface area contributed by atoms with Gasteiger partial charge < -0.3 is 16.2 Å². The van der Waals surface area contributed by atoms with Crippen LogP contribution in [-0.2, 0) is 0 Å². The maximum atomic E-state index is 5.65. The topological polar surface area (TPSA) is 61.3 Å². The van der Waals surface area contributed by atoms with Crippen molar-refractivity contribution in [2.45, 2.75) is 6.92 Å². The minimum Gasteiger partial charge on any atom is -0.457 e. The molecule has 84 valence electrons. The Balaban J connectivity index is 2.88. The zero-order valence-electron chi connectivity index (χ0n) is 9.31. The summed E-state index contributed by atoms with van der Waals surface area (Å²) in [5.41, 5.74) is 12.6. The van der Waals surface area contributed by atoms with Crippen LogP contribution < -0.4 is 16.2 Å². The highest BCUT2D eigenvalue weighted by atomic mass is 16.5. The van der Waals surface area contributed by atoms with Gasteiger partial charge in [-0.05, 0) is 31.2 Å². The first-order chi connectivity index (χ1) is 7.61. The van der Waals surface area contributed by atoms with E-state index in [4.69, 9.17) is 16.2 Å². The number of nitrogens with two attached hydrogens (primary N) is 2. The highest BCUT2D eigenvalue weighted by Crippen LogP contribution is 2.18. The van der Waals surface area contributed by atoms with Crippen LogP contribution in [-0.4, -0.2) is 0 Å².